The van der Waals surface area contributed by atoms with Crippen molar-refractivity contribution in [1.82, 2.24) is 24.4 Å². The van der Waals surface area contributed by atoms with Gasteiger partial charge in [-0.15, -0.1) is 10.2 Å². The first-order chi connectivity index (χ1) is 18.6. The van der Waals surface area contributed by atoms with Gasteiger partial charge in [0.15, 0.2) is 11.5 Å². The van der Waals surface area contributed by atoms with Crippen molar-refractivity contribution in [2.24, 2.45) is 0 Å². The van der Waals surface area contributed by atoms with E-state index in [1.54, 1.807) is 48.5 Å². The van der Waals surface area contributed by atoms with Gasteiger partial charge in [-0.1, -0.05) is 53.5 Å². The van der Waals surface area contributed by atoms with Crippen LogP contribution >= 0.6 is 23.2 Å². The van der Waals surface area contributed by atoms with Crippen LogP contribution in [0, 0.1) is 6.92 Å². The third kappa shape index (κ3) is 5.15. The molecule has 0 aliphatic heterocycles. The van der Waals surface area contributed by atoms with Gasteiger partial charge < -0.3 is 4.74 Å². The van der Waals surface area contributed by atoms with E-state index in [2.05, 4.69) is 15.2 Å². The Hall–Kier alpha value is -3.73. The molecule has 0 spiro atoms. The molecular weight excluding hydrogens is 554 g/mol. The summed E-state index contributed by atoms with van der Waals surface area (Å²) in [6.45, 7) is 1.41. The Bertz CT molecular complexity index is 1730. The minimum absolute atomic E-state index is 0.0329. The molecule has 39 heavy (non-hydrogen) atoms. The molecule has 0 fully saturated rings. The molecule has 7 nitrogen and oxygen atoms in total. The van der Waals surface area contributed by atoms with Crippen molar-refractivity contribution >= 4 is 28.8 Å². The van der Waals surface area contributed by atoms with Crippen LogP contribution in [0.4, 0.5) is 13.2 Å². The zero-order chi connectivity index (χ0) is 27.9. The lowest BCUT2D eigenvalue weighted by Crippen LogP contribution is -2.30. The fourth-order valence-electron chi connectivity index (χ4n) is 4.37. The summed E-state index contributed by atoms with van der Waals surface area (Å²) in [5.41, 5.74) is 1.54. The third-order valence-electron chi connectivity index (χ3n) is 6.21. The number of hydrogen-bond donors (Lipinski definition) is 0. The predicted molar refractivity (Wildman–Crippen MR) is 142 cm³/mol. The second kappa shape index (κ2) is 10.4. The van der Waals surface area contributed by atoms with Crippen molar-refractivity contribution in [3.05, 3.63) is 104 Å². The second-order valence-electron chi connectivity index (χ2n) is 8.75. The Morgan fingerprint density at radius 2 is 1.46 bits per heavy atom. The normalized spacial score (nSPS) is 11.9. The molecule has 0 saturated heterocycles. The number of nitrogens with zero attached hydrogens (tertiary/aromatic N) is 5. The van der Waals surface area contributed by atoms with E-state index < -0.39 is 17.4 Å². The van der Waals surface area contributed by atoms with E-state index in [0.29, 0.717) is 49.3 Å². The largest absolute Gasteiger partial charge is 0.433 e. The summed E-state index contributed by atoms with van der Waals surface area (Å²) in [5, 5.41) is 9.68. The van der Waals surface area contributed by atoms with Crippen LogP contribution in [0.25, 0.3) is 27.9 Å². The quantitative estimate of drug-likeness (QED) is 0.233. The van der Waals surface area contributed by atoms with Gasteiger partial charge in [0.1, 0.15) is 12.3 Å². The lowest BCUT2D eigenvalue weighted by Gasteiger charge is -2.19. The fourth-order valence-corrected chi connectivity index (χ4v) is 4.62. The maximum Gasteiger partial charge on any atom is 0.433 e. The lowest BCUT2D eigenvalue weighted by molar-refractivity contribution is -0.141. The van der Waals surface area contributed by atoms with Gasteiger partial charge in [-0.2, -0.15) is 13.2 Å². The maximum absolute atomic E-state index is 14.3. The van der Waals surface area contributed by atoms with Gasteiger partial charge in [0.2, 0.25) is 0 Å². The van der Waals surface area contributed by atoms with Gasteiger partial charge in [-0.25, -0.2) is 14.2 Å². The van der Waals surface area contributed by atoms with E-state index in [0.717, 1.165) is 6.07 Å². The minimum atomic E-state index is -4.59. The number of alkyl halides is 3. The van der Waals surface area contributed by atoms with Crippen LogP contribution in [0.1, 0.15) is 22.8 Å². The van der Waals surface area contributed by atoms with Gasteiger partial charge in [-0.3, -0.25) is 4.79 Å². The predicted octanol–water partition coefficient (Wildman–Crippen LogP) is 6.45. The van der Waals surface area contributed by atoms with Gasteiger partial charge in [0.05, 0.1) is 12.1 Å². The highest BCUT2D eigenvalue weighted by molar-refractivity contribution is 6.31. The molecule has 0 aliphatic rings. The molecule has 0 atom stereocenters. The number of fused-ring (bicyclic) bond motifs is 1. The highest BCUT2D eigenvalue weighted by atomic mass is 35.5. The van der Waals surface area contributed by atoms with Crippen molar-refractivity contribution in [2.45, 2.75) is 26.3 Å². The van der Waals surface area contributed by atoms with Crippen LogP contribution < -0.4 is 5.56 Å². The van der Waals surface area contributed by atoms with E-state index in [4.69, 9.17) is 27.9 Å². The fraction of sp³-hybridized carbons (Fsp3) is 0.185. The molecule has 0 amide bonds. The molecule has 5 aromatic rings. The molecule has 12 heteroatoms. The van der Waals surface area contributed by atoms with Crippen LogP contribution in [-0.4, -0.2) is 31.5 Å². The van der Waals surface area contributed by atoms with Crippen molar-refractivity contribution in [2.75, 3.05) is 7.11 Å². The molecule has 3 heterocycles. The second-order valence-corrected chi connectivity index (χ2v) is 9.62. The van der Waals surface area contributed by atoms with E-state index >= 15 is 0 Å². The molecule has 0 unspecified atom stereocenters. The molecule has 5 rings (SSSR count). The monoisotopic (exact) mass is 573 g/mol. The Labute approximate surface area is 230 Å². The first-order valence-electron chi connectivity index (χ1n) is 11.6. The Morgan fingerprint density at radius 3 is 2.00 bits per heavy atom. The standard InChI is InChI=1S/C27H20Cl2F3N5O2/c1-15-18(7-12-21(33-15)27(30,31)32)13-36-26(38)24(17-5-10-20(29)11-6-17)23(16-3-8-19(28)9-4-16)25-35-34-22(14-39-2)37(25)36/h3-12H,13-14H2,1-2H3. The lowest BCUT2D eigenvalue weighted by atomic mass is 9.96. The molecule has 0 bridgehead atoms. The molecule has 200 valence electrons. The minimum Gasteiger partial charge on any atom is -0.377 e. The molecule has 0 N–H and O–H groups in total. The summed E-state index contributed by atoms with van der Waals surface area (Å²) in [6.07, 6.45) is -4.59. The number of aromatic nitrogens is 5. The smallest absolute Gasteiger partial charge is 0.377 e. The summed E-state index contributed by atoms with van der Waals surface area (Å²) < 4.78 is 47.9. The summed E-state index contributed by atoms with van der Waals surface area (Å²) in [4.78, 5) is 18.0. The van der Waals surface area contributed by atoms with Gasteiger partial charge >= 0.3 is 6.18 Å². The molecule has 0 aliphatic carbocycles. The number of aryl methyl sites for hydroxylation is 1. The highest BCUT2D eigenvalue weighted by Gasteiger charge is 2.33. The third-order valence-corrected chi connectivity index (χ3v) is 6.72. The number of ether oxygens (including phenoxy) is 1. The summed E-state index contributed by atoms with van der Waals surface area (Å²) >= 11 is 12.3. The number of hydrogen-bond acceptors (Lipinski definition) is 5. The summed E-state index contributed by atoms with van der Waals surface area (Å²) in [6, 6.07) is 15.9. The van der Waals surface area contributed by atoms with Crippen molar-refractivity contribution in [3.63, 3.8) is 0 Å². The molecule has 3 aromatic heterocycles. The zero-order valence-electron chi connectivity index (χ0n) is 20.6. The Balaban J connectivity index is 1.83. The molecule has 2 aromatic carbocycles. The SMILES string of the molecule is COCc1nnc2c(-c3ccc(Cl)cc3)c(-c3ccc(Cl)cc3)c(=O)n(Cc3ccc(C(F)(F)F)nc3C)n12. The Morgan fingerprint density at radius 1 is 0.872 bits per heavy atom. The Kier molecular flexibility index (Phi) is 7.19. The number of methoxy groups -OCH3 is 1. The first-order valence-corrected chi connectivity index (χ1v) is 12.4. The van der Waals surface area contributed by atoms with Crippen LogP contribution in [0.5, 0.6) is 0 Å². The molecular formula is C27H20Cl2F3N5O2. The van der Waals surface area contributed by atoms with E-state index in [9.17, 15) is 18.0 Å². The number of rotatable bonds is 6. The van der Waals surface area contributed by atoms with Gasteiger partial charge in [-0.05, 0) is 53.9 Å². The van der Waals surface area contributed by atoms with E-state index in [-0.39, 0.29) is 18.8 Å². The topological polar surface area (TPSA) is 74.3 Å². The maximum atomic E-state index is 14.3. The first kappa shape index (κ1) is 26.9. The average molecular weight is 574 g/mol. The zero-order valence-corrected chi connectivity index (χ0v) is 22.1. The molecule has 0 saturated carbocycles. The summed E-state index contributed by atoms with van der Waals surface area (Å²) in [5.74, 6) is 0.333. The van der Waals surface area contributed by atoms with Crippen LogP contribution in [0.3, 0.4) is 0 Å². The number of pyridine rings is 1. The van der Waals surface area contributed by atoms with E-state index in [1.807, 2.05) is 0 Å². The average Bonchev–Trinajstić information content (AvgIpc) is 3.30. The van der Waals surface area contributed by atoms with Crippen molar-refractivity contribution < 1.29 is 17.9 Å². The van der Waals surface area contributed by atoms with Crippen LogP contribution in [0.2, 0.25) is 10.0 Å². The van der Waals surface area contributed by atoms with Crippen molar-refractivity contribution in [1.29, 1.82) is 0 Å². The van der Waals surface area contributed by atoms with Crippen LogP contribution in [-0.2, 0) is 24.1 Å². The van der Waals surface area contributed by atoms with Crippen LogP contribution in [0.15, 0.2) is 65.5 Å². The number of halogens is 5. The highest BCUT2D eigenvalue weighted by Crippen LogP contribution is 2.34. The summed E-state index contributed by atoms with van der Waals surface area (Å²) in [7, 11) is 1.48. The van der Waals surface area contributed by atoms with E-state index in [1.165, 1.54) is 29.3 Å². The van der Waals surface area contributed by atoms with Gasteiger partial charge in [0, 0.05) is 28.4 Å². The van der Waals surface area contributed by atoms with Crippen molar-refractivity contribution in [3.8, 4) is 22.3 Å². The van der Waals surface area contributed by atoms with Gasteiger partial charge in [0.25, 0.3) is 5.56 Å². The molecule has 0 radical (unpaired) electrons. The number of benzene rings is 2.